The molecule has 1 saturated heterocycles. The van der Waals surface area contributed by atoms with Crippen LogP contribution < -0.4 is 5.73 Å². The summed E-state index contributed by atoms with van der Waals surface area (Å²) in [6.45, 7) is 3.96. The maximum Gasteiger partial charge on any atom is 0.0471 e. The summed E-state index contributed by atoms with van der Waals surface area (Å²) in [7, 11) is 0. The Kier molecular flexibility index (Phi) is 3.16. The monoisotopic (exact) mass is 245 g/mol. The van der Waals surface area contributed by atoms with E-state index in [0.717, 1.165) is 26.1 Å². The van der Waals surface area contributed by atoms with Gasteiger partial charge in [0.25, 0.3) is 0 Å². The maximum absolute atomic E-state index is 6.13. The zero-order chi connectivity index (χ0) is 12.6. The molecular weight excluding hydrogens is 222 g/mol. The first-order valence-electron chi connectivity index (χ1n) is 7.16. The van der Waals surface area contributed by atoms with Gasteiger partial charge >= 0.3 is 0 Å². The Morgan fingerprint density at radius 2 is 1.78 bits per heavy atom. The lowest BCUT2D eigenvalue weighted by Gasteiger charge is -2.24. The predicted molar refractivity (Wildman–Crippen MR) is 73.8 cm³/mol. The molecule has 2 aliphatic rings. The first-order chi connectivity index (χ1) is 8.72. The van der Waals surface area contributed by atoms with E-state index in [2.05, 4.69) is 31.2 Å². The van der Waals surface area contributed by atoms with Crippen molar-refractivity contribution in [3.8, 4) is 0 Å². The Morgan fingerprint density at radius 1 is 1.17 bits per heavy atom. The van der Waals surface area contributed by atoms with Gasteiger partial charge in [-0.3, -0.25) is 0 Å². The van der Waals surface area contributed by atoms with Crippen molar-refractivity contribution < 1.29 is 4.74 Å². The Labute approximate surface area is 110 Å². The lowest BCUT2D eigenvalue weighted by atomic mass is 9.86. The summed E-state index contributed by atoms with van der Waals surface area (Å²) in [5.41, 5.74) is 9.33. The smallest absolute Gasteiger partial charge is 0.0471 e. The molecule has 2 fully saturated rings. The second-order valence-corrected chi connectivity index (χ2v) is 5.95. The van der Waals surface area contributed by atoms with Gasteiger partial charge in [0, 0.05) is 24.7 Å². The van der Waals surface area contributed by atoms with E-state index in [9.17, 15) is 0 Å². The van der Waals surface area contributed by atoms with Crippen molar-refractivity contribution in [3.63, 3.8) is 0 Å². The summed E-state index contributed by atoms with van der Waals surface area (Å²) in [6, 6.07) is 9.51. The summed E-state index contributed by atoms with van der Waals surface area (Å²) in [4.78, 5) is 0. The molecule has 0 spiro atoms. The van der Waals surface area contributed by atoms with Crippen LogP contribution in [-0.4, -0.2) is 19.3 Å². The minimum absolute atomic E-state index is 0.270. The Balaban J connectivity index is 1.77. The number of hydrogen-bond donors (Lipinski definition) is 1. The molecule has 0 aromatic heterocycles. The van der Waals surface area contributed by atoms with Crippen LogP contribution in [0.5, 0.6) is 0 Å². The van der Waals surface area contributed by atoms with Crippen molar-refractivity contribution in [2.24, 2.45) is 5.73 Å². The maximum atomic E-state index is 6.13. The van der Waals surface area contributed by atoms with Crippen molar-refractivity contribution in [1.82, 2.24) is 0 Å². The van der Waals surface area contributed by atoms with Crippen molar-refractivity contribution in [2.45, 2.75) is 50.0 Å². The minimum atomic E-state index is 0.270. The molecule has 2 N–H and O–H groups in total. The normalized spacial score (nSPS) is 24.8. The first kappa shape index (κ1) is 12.2. The fourth-order valence-electron chi connectivity index (χ4n) is 3.26. The van der Waals surface area contributed by atoms with Gasteiger partial charge in [-0.15, -0.1) is 0 Å². The standard InChI is InChI=1S/C16H23NO/c1-12(17)16(8-9-16)15-4-2-13(3-5-15)14-6-10-18-11-7-14/h2-5,12,14H,6-11,17H2,1H3. The number of benzene rings is 1. The molecule has 2 nitrogen and oxygen atoms in total. The molecular formula is C16H23NO. The summed E-state index contributed by atoms with van der Waals surface area (Å²) in [5, 5.41) is 0. The molecule has 1 aromatic carbocycles. The Morgan fingerprint density at radius 3 is 2.28 bits per heavy atom. The van der Waals surface area contributed by atoms with E-state index in [1.54, 1.807) is 0 Å². The van der Waals surface area contributed by atoms with Crippen LogP contribution in [0.4, 0.5) is 0 Å². The minimum Gasteiger partial charge on any atom is -0.381 e. The van der Waals surface area contributed by atoms with E-state index >= 15 is 0 Å². The van der Waals surface area contributed by atoms with Crippen LogP contribution in [0.2, 0.25) is 0 Å². The second-order valence-electron chi connectivity index (χ2n) is 5.95. The molecule has 1 atom stereocenters. The molecule has 98 valence electrons. The van der Waals surface area contributed by atoms with E-state index in [-0.39, 0.29) is 11.5 Å². The van der Waals surface area contributed by atoms with Gasteiger partial charge in [0.2, 0.25) is 0 Å². The Hall–Kier alpha value is -0.860. The lowest BCUT2D eigenvalue weighted by molar-refractivity contribution is 0.0853. The number of ether oxygens (including phenoxy) is 1. The van der Waals surface area contributed by atoms with Crippen LogP contribution in [0.25, 0.3) is 0 Å². The zero-order valence-corrected chi connectivity index (χ0v) is 11.2. The molecule has 18 heavy (non-hydrogen) atoms. The highest BCUT2D eigenvalue weighted by Crippen LogP contribution is 2.50. The van der Waals surface area contributed by atoms with Gasteiger partial charge in [-0.1, -0.05) is 24.3 Å². The van der Waals surface area contributed by atoms with Crippen molar-refractivity contribution >= 4 is 0 Å². The van der Waals surface area contributed by atoms with E-state index in [0.29, 0.717) is 5.92 Å². The molecule has 1 aliphatic heterocycles. The fourth-order valence-corrected chi connectivity index (χ4v) is 3.26. The van der Waals surface area contributed by atoms with Gasteiger partial charge in [-0.25, -0.2) is 0 Å². The molecule has 1 saturated carbocycles. The lowest BCUT2D eigenvalue weighted by Crippen LogP contribution is -2.31. The number of rotatable bonds is 3. The molecule has 3 rings (SSSR count). The Bertz CT molecular complexity index is 400. The number of hydrogen-bond acceptors (Lipinski definition) is 2. The van der Waals surface area contributed by atoms with Crippen molar-refractivity contribution in [3.05, 3.63) is 35.4 Å². The molecule has 0 radical (unpaired) electrons. The van der Waals surface area contributed by atoms with Crippen LogP contribution in [0.3, 0.4) is 0 Å². The van der Waals surface area contributed by atoms with Gasteiger partial charge in [0.1, 0.15) is 0 Å². The zero-order valence-electron chi connectivity index (χ0n) is 11.2. The second kappa shape index (κ2) is 4.67. The van der Waals surface area contributed by atoms with Crippen LogP contribution in [-0.2, 0) is 10.2 Å². The average molecular weight is 245 g/mol. The average Bonchev–Trinajstić information content (AvgIpc) is 3.22. The molecule has 0 bridgehead atoms. The van der Waals surface area contributed by atoms with Gasteiger partial charge < -0.3 is 10.5 Å². The highest BCUT2D eigenvalue weighted by atomic mass is 16.5. The molecule has 1 aliphatic carbocycles. The third kappa shape index (κ3) is 2.08. The summed E-state index contributed by atoms with van der Waals surface area (Å²) < 4.78 is 5.42. The predicted octanol–water partition coefficient (Wildman–Crippen LogP) is 2.96. The SMILES string of the molecule is CC(N)C1(c2ccc(C3CCOCC3)cc2)CC1. The summed E-state index contributed by atoms with van der Waals surface area (Å²) in [5.74, 6) is 0.693. The van der Waals surface area contributed by atoms with E-state index in [1.807, 2.05) is 0 Å². The molecule has 2 heteroatoms. The van der Waals surface area contributed by atoms with Gasteiger partial charge in [0.15, 0.2) is 0 Å². The largest absolute Gasteiger partial charge is 0.381 e. The van der Waals surface area contributed by atoms with Crippen molar-refractivity contribution in [2.75, 3.05) is 13.2 Å². The molecule has 1 unspecified atom stereocenters. The molecule has 1 aromatic rings. The van der Waals surface area contributed by atoms with E-state index in [1.165, 1.54) is 24.0 Å². The van der Waals surface area contributed by atoms with Crippen molar-refractivity contribution in [1.29, 1.82) is 0 Å². The topological polar surface area (TPSA) is 35.2 Å². The van der Waals surface area contributed by atoms with Crippen LogP contribution in [0.15, 0.2) is 24.3 Å². The third-order valence-corrected chi connectivity index (χ3v) is 4.84. The summed E-state index contributed by atoms with van der Waals surface area (Å²) >= 11 is 0. The highest BCUT2D eigenvalue weighted by molar-refractivity contribution is 5.36. The number of nitrogens with two attached hydrogens (primary N) is 1. The van der Waals surface area contributed by atoms with Crippen LogP contribution in [0.1, 0.15) is 49.7 Å². The van der Waals surface area contributed by atoms with Crippen LogP contribution >= 0.6 is 0 Å². The van der Waals surface area contributed by atoms with Crippen LogP contribution in [0, 0.1) is 0 Å². The summed E-state index contributed by atoms with van der Waals surface area (Å²) in [6.07, 6.45) is 4.83. The quantitative estimate of drug-likeness (QED) is 0.888. The fraction of sp³-hybridized carbons (Fsp3) is 0.625. The van der Waals surface area contributed by atoms with Gasteiger partial charge in [-0.2, -0.15) is 0 Å². The van der Waals surface area contributed by atoms with E-state index < -0.39 is 0 Å². The van der Waals surface area contributed by atoms with Gasteiger partial charge in [0.05, 0.1) is 0 Å². The van der Waals surface area contributed by atoms with Gasteiger partial charge in [-0.05, 0) is 49.7 Å². The first-order valence-corrected chi connectivity index (χ1v) is 7.16. The van der Waals surface area contributed by atoms with E-state index in [4.69, 9.17) is 10.5 Å². The third-order valence-electron chi connectivity index (χ3n) is 4.84. The molecule has 0 amide bonds. The molecule has 1 heterocycles. The highest BCUT2D eigenvalue weighted by Gasteiger charge is 2.47.